The summed E-state index contributed by atoms with van der Waals surface area (Å²) in [6, 6.07) is 11.2. The highest BCUT2D eigenvalue weighted by atomic mass is 16.6. The quantitative estimate of drug-likeness (QED) is 0.242. The Labute approximate surface area is 184 Å². The van der Waals surface area contributed by atoms with Gasteiger partial charge in [-0.25, -0.2) is 0 Å². The van der Waals surface area contributed by atoms with Crippen molar-refractivity contribution >= 4 is 23.1 Å². The Hall–Kier alpha value is -3.72. The summed E-state index contributed by atoms with van der Waals surface area (Å²) in [6.45, 7) is 0.772. The summed E-state index contributed by atoms with van der Waals surface area (Å²) in [4.78, 5) is 37.9. The van der Waals surface area contributed by atoms with Crippen LogP contribution in [0.2, 0.25) is 0 Å². The van der Waals surface area contributed by atoms with Crippen molar-refractivity contribution in [1.82, 2.24) is 4.90 Å². The fourth-order valence-electron chi connectivity index (χ4n) is 4.11. The van der Waals surface area contributed by atoms with Gasteiger partial charge in [-0.2, -0.15) is 0 Å². The summed E-state index contributed by atoms with van der Waals surface area (Å²) >= 11 is 0. The molecule has 2 atom stereocenters. The molecule has 2 aliphatic rings. The van der Waals surface area contributed by atoms with E-state index in [1.54, 1.807) is 24.3 Å². The van der Waals surface area contributed by atoms with Crippen LogP contribution in [0.3, 0.4) is 0 Å². The molecule has 2 fully saturated rings. The highest BCUT2D eigenvalue weighted by Crippen LogP contribution is 2.40. The summed E-state index contributed by atoms with van der Waals surface area (Å²) in [7, 11) is 1.51. The number of carbonyl (C=O) groups excluding carboxylic acids is 2. The first-order valence-electron chi connectivity index (χ1n) is 10.2. The number of hydrogen-bond acceptors (Lipinski definition) is 7. The maximum absolute atomic E-state index is 13.0. The van der Waals surface area contributed by atoms with E-state index in [0.29, 0.717) is 23.5 Å². The number of carbonyl (C=O) groups is 2. The van der Waals surface area contributed by atoms with Gasteiger partial charge in [-0.3, -0.25) is 19.7 Å². The zero-order chi connectivity index (χ0) is 22.8. The third-order valence-electron chi connectivity index (χ3n) is 5.75. The van der Waals surface area contributed by atoms with E-state index < -0.39 is 22.7 Å². The van der Waals surface area contributed by atoms with E-state index in [4.69, 9.17) is 9.47 Å². The fraction of sp³-hybridized carbons (Fsp3) is 0.304. The zero-order valence-corrected chi connectivity index (χ0v) is 17.4. The number of aliphatic hydroxyl groups is 1. The second-order valence-corrected chi connectivity index (χ2v) is 7.66. The van der Waals surface area contributed by atoms with Gasteiger partial charge in [-0.05, 0) is 54.8 Å². The highest BCUT2D eigenvalue weighted by molar-refractivity contribution is 6.46. The van der Waals surface area contributed by atoms with Crippen molar-refractivity contribution in [1.29, 1.82) is 0 Å². The second kappa shape index (κ2) is 8.80. The van der Waals surface area contributed by atoms with Gasteiger partial charge in [0.15, 0.2) is 0 Å². The molecule has 0 saturated carbocycles. The van der Waals surface area contributed by atoms with Crippen molar-refractivity contribution < 1.29 is 29.1 Å². The molecule has 0 bridgehead atoms. The van der Waals surface area contributed by atoms with Gasteiger partial charge in [0.1, 0.15) is 11.5 Å². The minimum absolute atomic E-state index is 0.0629. The first-order valence-corrected chi connectivity index (χ1v) is 10.2. The number of ether oxygens (including phenoxy) is 2. The smallest absolute Gasteiger partial charge is 0.295 e. The van der Waals surface area contributed by atoms with E-state index in [1.165, 1.54) is 36.3 Å². The highest BCUT2D eigenvalue weighted by Gasteiger charge is 2.47. The SMILES string of the molecule is COc1ccc(/C(O)=C2\C(=O)C(=O)N(C[C@H]3CCCO3)[C@@H]2c2ccc([N+](=O)[O-])cc2)cc1. The van der Waals surface area contributed by atoms with Crippen LogP contribution in [-0.4, -0.2) is 53.0 Å². The Bertz CT molecular complexity index is 1070. The van der Waals surface area contributed by atoms with E-state index in [-0.39, 0.29) is 29.7 Å². The lowest BCUT2D eigenvalue weighted by molar-refractivity contribution is -0.384. The first-order chi connectivity index (χ1) is 15.4. The van der Waals surface area contributed by atoms with E-state index in [2.05, 4.69) is 0 Å². The van der Waals surface area contributed by atoms with Gasteiger partial charge in [0.2, 0.25) is 0 Å². The number of methoxy groups -OCH3 is 1. The Morgan fingerprint density at radius 3 is 2.44 bits per heavy atom. The Morgan fingerprint density at radius 2 is 1.88 bits per heavy atom. The van der Waals surface area contributed by atoms with Crippen LogP contribution in [0, 0.1) is 10.1 Å². The molecule has 4 rings (SSSR count). The molecular weight excluding hydrogens is 416 g/mol. The number of ketones is 1. The molecule has 2 aliphatic heterocycles. The normalized spacial score (nSPS) is 22.3. The number of likely N-dealkylation sites (tertiary alicyclic amines) is 1. The molecule has 0 aromatic heterocycles. The number of benzene rings is 2. The van der Waals surface area contributed by atoms with Crippen molar-refractivity contribution in [2.75, 3.05) is 20.3 Å². The van der Waals surface area contributed by atoms with Gasteiger partial charge in [-0.15, -0.1) is 0 Å². The standard InChI is InChI=1S/C23H22N2O7/c1-31-17-10-6-15(7-11-17)21(26)19-20(14-4-8-16(9-5-14)25(29)30)24(23(28)22(19)27)13-18-3-2-12-32-18/h4-11,18,20,26H,2-3,12-13H2,1H3/b21-19+/t18-,20-/m1/s1. The number of nitro groups is 1. The van der Waals surface area contributed by atoms with Gasteiger partial charge in [0.25, 0.3) is 17.4 Å². The predicted molar refractivity (Wildman–Crippen MR) is 114 cm³/mol. The molecule has 0 aliphatic carbocycles. The second-order valence-electron chi connectivity index (χ2n) is 7.66. The Kier molecular flexibility index (Phi) is 5.91. The van der Waals surface area contributed by atoms with Crippen LogP contribution in [0.4, 0.5) is 5.69 Å². The number of non-ortho nitro benzene ring substituents is 1. The lowest BCUT2D eigenvalue weighted by atomic mass is 9.95. The third kappa shape index (κ3) is 3.94. The van der Waals surface area contributed by atoms with Crippen molar-refractivity contribution in [3.05, 3.63) is 75.3 Å². The Balaban J connectivity index is 1.80. The number of aliphatic hydroxyl groups excluding tert-OH is 1. The molecule has 32 heavy (non-hydrogen) atoms. The van der Waals surface area contributed by atoms with Gasteiger partial charge < -0.3 is 19.5 Å². The fourth-order valence-corrected chi connectivity index (χ4v) is 4.11. The number of rotatable bonds is 6. The average Bonchev–Trinajstić information content (AvgIpc) is 3.41. The van der Waals surface area contributed by atoms with Crippen LogP contribution >= 0.6 is 0 Å². The molecule has 9 heteroatoms. The topological polar surface area (TPSA) is 119 Å². The average molecular weight is 438 g/mol. The van der Waals surface area contributed by atoms with Crippen molar-refractivity contribution in [3.8, 4) is 5.75 Å². The van der Waals surface area contributed by atoms with Crippen LogP contribution in [-0.2, 0) is 14.3 Å². The van der Waals surface area contributed by atoms with Gasteiger partial charge >= 0.3 is 0 Å². The molecule has 166 valence electrons. The summed E-state index contributed by atoms with van der Waals surface area (Å²) < 4.78 is 10.8. The maximum Gasteiger partial charge on any atom is 0.295 e. The van der Waals surface area contributed by atoms with Crippen LogP contribution < -0.4 is 4.74 Å². The minimum atomic E-state index is -0.887. The van der Waals surface area contributed by atoms with Crippen LogP contribution in [0.15, 0.2) is 54.1 Å². The van der Waals surface area contributed by atoms with Crippen molar-refractivity contribution in [3.63, 3.8) is 0 Å². The lowest BCUT2D eigenvalue weighted by Gasteiger charge is -2.27. The molecule has 2 saturated heterocycles. The third-order valence-corrected chi connectivity index (χ3v) is 5.75. The zero-order valence-electron chi connectivity index (χ0n) is 17.4. The van der Waals surface area contributed by atoms with E-state index in [1.807, 2.05) is 0 Å². The molecule has 1 amide bonds. The van der Waals surface area contributed by atoms with Crippen molar-refractivity contribution in [2.45, 2.75) is 25.0 Å². The molecule has 1 N–H and O–H groups in total. The first kappa shape index (κ1) is 21.5. The molecule has 0 spiro atoms. The monoisotopic (exact) mass is 438 g/mol. The molecule has 2 aromatic carbocycles. The van der Waals surface area contributed by atoms with E-state index >= 15 is 0 Å². The largest absolute Gasteiger partial charge is 0.507 e. The molecule has 9 nitrogen and oxygen atoms in total. The number of hydrogen-bond donors (Lipinski definition) is 1. The Morgan fingerprint density at radius 1 is 1.19 bits per heavy atom. The maximum atomic E-state index is 13.0. The molecule has 2 aromatic rings. The van der Waals surface area contributed by atoms with E-state index in [0.717, 1.165) is 12.8 Å². The number of nitro benzene ring substituents is 1. The molecule has 0 unspecified atom stereocenters. The summed E-state index contributed by atoms with van der Waals surface area (Å²) in [5.41, 5.74) is 0.669. The molecule has 2 heterocycles. The van der Waals surface area contributed by atoms with Gasteiger partial charge in [0.05, 0.1) is 29.8 Å². The number of Topliss-reactive ketones (excluding diaryl/α,β-unsaturated/α-hetero) is 1. The van der Waals surface area contributed by atoms with Crippen LogP contribution in [0.5, 0.6) is 5.75 Å². The lowest BCUT2D eigenvalue weighted by Crippen LogP contribution is -2.36. The van der Waals surface area contributed by atoms with E-state index in [9.17, 15) is 24.8 Å². The molecular formula is C23H22N2O7. The minimum Gasteiger partial charge on any atom is -0.507 e. The van der Waals surface area contributed by atoms with Gasteiger partial charge in [-0.1, -0.05) is 0 Å². The number of amides is 1. The van der Waals surface area contributed by atoms with Crippen LogP contribution in [0.25, 0.3) is 5.76 Å². The van der Waals surface area contributed by atoms with Crippen molar-refractivity contribution in [2.24, 2.45) is 0 Å². The van der Waals surface area contributed by atoms with Crippen LogP contribution in [0.1, 0.15) is 30.0 Å². The summed E-state index contributed by atoms with van der Waals surface area (Å²) in [6.07, 6.45) is 1.41. The summed E-state index contributed by atoms with van der Waals surface area (Å²) in [5.74, 6) is -1.28. The predicted octanol–water partition coefficient (Wildman–Crippen LogP) is 3.20. The summed E-state index contributed by atoms with van der Waals surface area (Å²) in [5, 5.41) is 22.1. The molecule has 0 radical (unpaired) electrons. The number of nitrogens with zero attached hydrogens (tertiary/aromatic N) is 2. The van der Waals surface area contributed by atoms with Gasteiger partial charge in [0, 0.05) is 30.8 Å².